The first-order chi connectivity index (χ1) is 3.27. The van der Waals surface area contributed by atoms with Crippen molar-refractivity contribution in [3.05, 3.63) is 0 Å². The number of rotatable bonds is 3. The Kier molecular flexibility index (Phi) is 9.61. The van der Waals surface area contributed by atoms with E-state index in [0.29, 0.717) is 5.75 Å². The van der Waals surface area contributed by atoms with Crippen molar-refractivity contribution in [2.45, 2.75) is 19.8 Å². The summed E-state index contributed by atoms with van der Waals surface area (Å²) in [6.45, 7) is 1.99. The average Bonchev–Trinajstić information content (AvgIpc) is 1.61. The molecule has 8 heavy (non-hydrogen) atoms. The molecule has 4 heteroatoms. The zero-order chi connectivity index (χ0) is 5.70. The first-order valence-electron chi connectivity index (χ1n) is 2.35. The van der Waals surface area contributed by atoms with E-state index < -0.39 is 11.1 Å². The molecule has 0 radical (unpaired) electrons. The second-order valence-corrected chi connectivity index (χ2v) is 2.43. The summed E-state index contributed by atoms with van der Waals surface area (Å²) in [4.78, 5) is 0. The maximum atomic E-state index is 9.87. The highest BCUT2D eigenvalue weighted by molar-refractivity contribution is 7.79. The van der Waals surface area contributed by atoms with Gasteiger partial charge in [0.15, 0.2) is 11.1 Å². The van der Waals surface area contributed by atoms with Crippen molar-refractivity contribution < 1.29 is 13.5 Å². The summed E-state index contributed by atoms with van der Waals surface area (Å²) in [6.07, 6.45) is 1.84. The van der Waals surface area contributed by atoms with Gasteiger partial charge in [-0.3, -0.25) is 4.70 Å². The van der Waals surface area contributed by atoms with Crippen LogP contribution in [0.4, 0.5) is 4.70 Å². The van der Waals surface area contributed by atoms with Gasteiger partial charge in [-0.2, -0.15) is 0 Å². The summed E-state index contributed by atoms with van der Waals surface area (Å²) in [5.74, 6) is 0.427. The van der Waals surface area contributed by atoms with Crippen LogP contribution in [0, 0.1) is 0 Å². The van der Waals surface area contributed by atoms with Gasteiger partial charge in [0.2, 0.25) is 0 Å². The predicted octanol–water partition coefficient (Wildman–Crippen LogP) is 1.16. The molecule has 0 rings (SSSR count). The number of hydrogen-bond donors (Lipinski definition) is 1. The lowest BCUT2D eigenvalue weighted by molar-refractivity contribution is 0.561. The van der Waals surface area contributed by atoms with Gasteiger partial charge in [-0.05, 0) is 6.42 Å². The molecule has 0 fully saturated rings. The van der Waals surface area contributed by atoms with E-state index >= 15 is 0 Å². The third kappa shape index (κ3) is 9.40. The summed E-state index contributed by atoms with van der Waals surface area (Å²) in [6, 6.07) is 0. The molecule has 0 aromatic heterocycles. The monoisotopic (exact) mass is 142 g/mol. The van der Waals surface area contributed by atoms with E-state index in [-0.39, 0.29) is 4.70 Å². The molecule has 0 saturated heterocycles. The Bertz CT molecular complexity index is 67.1. The van der Waals surface area contributed by atoms with Crippen molar-refractivity contribution in [3.63, 3.8) is 0 Å². The molecule has 0 bridgehead atoms. The van der Waals surface area contributed by atoms with Crippen molar-refractivity contribution in [3.8, 4) is 0 Å². The van der Waals surface area contributed by atoms with Gasteiger partial charge in [0.1, 0.15) is 0 Å². The average molecular weight is 142 g/mol. The van der Waals surface area contributed by atoms with Gasteiger partial charge in [-0.15, -0.1) is 0 Å². The Morgan fingerprint density at radius 1 is 1.62 bits per heavy atom. The third-order valence-electron chi connectivity index (χ3n) is 0.673. The largest absolute Gasteiger partial charge is 0.306 e. The normalized spacial score (nSPS) is 12.2. The van der Waals surface area contributed by atoms with Crippen LogP contribution in [0.15, 0.2) is 0 Å². The molecule has 1 unspecified atom stereocenters. The van der Waals surface area contributed by atoms with Crippen LogP contribution in [-0.2, 0) is 11.1 Å². The third-order valence-corrected chi connectivity index (χ3v) is 1.31. The molecular weight excluding hydrogens is 131 g/mol. The molecule has 0 aliphatic rings. The van der Waals surface area contributed by atoms with Gasteiger partial charge < -0.3 is 4.55 Å². The van der Waals surface area contributed by atoms with Crippen LogP contribution in [0.5, 0.6) is 0 Å². The number of hydrogen-bond acceptors (Lipinski definition) is 1. The zero-order valence-electron chi connectivity index (χ0n) is 4.79. The van der Waals surface area contributed by atoms with Gasteiger partial charge >= 0.3 is 0 Å². The summed E-state index contributed by atoms with van der Waals surface area (Å²) in [5.41, 5.74) is 0. The maximum Gasteiger partial charge on any atom is 0.152 e. The minimum absolute atomic E-state index is 0. The van der Waals surface area contributed by atoms with E-state index in [2.05, 4.69) is 0 Å². The first kappa shape index (κ1) is 10.9. The summed E-state index contributed by atoms with van der Waals surface area (Å²) in [5, 5.41) is 0. The van der Waals surface area contributed by atoms with Crippen LogP contribution >= 0.6 is 0 Å². The quantitative estimate of drug-likeness (QED) is 0.600. The number of halogens is 1. The molecule has 0 heterocycles. The van der Waals surface area contributed by atoms with Crippen molar-refractivity contribution in [1.82, 2.24) is 0 Å². The van der Waals surface area contributed by atoms with Crippen LogP contribution in [0.25, 0.3) is 0 Å². The summed E-state index contributed by atoms with van der Waals surface area (Å²) in [7, 11) is 0. The van der Waals surface area contributed by atoms with E-state index in [1.165, 1.54) is 0 Å². The molecule has 2 nitrogen and oxygen atoms in total. The van der Waals surface area contributed by atoms with Crippen molar-refractivity contribution >= 4 is 11.1 Å². The highest BCUT2D eigenvalue weighted by atomic mass is 32.2. The van der Waals surface area contributed by atoms with E-state index in [9.17, 15) is 4.21 Å². The zero-order valence-corrected chi connectivity index (χ0v) is 5.61. The molecule has 0 aromatic rings. The van der Waals surface area contributed by atoms with E-state index in [0.717, 1.165) is 12.8 Å². The smallest absolute Gasteiger partial charge is 0.152 e. The first-order valence-corrected chi connectivity index (χ1v) is 3.62. The Balaban J connectivity index is 0. The topological polar surface area (TPSA) is 37.3 Å². The Morgan fingerprint density at radius 2 is 2.12 bits per heavy atom. The maximum absolute atomic E-state index is 9.87. The van der Waals surface area contributed by atoms with E-state index in [1.54, 1.807) is 0 Å². The van der Waals surface area contributed by atoms with Gasteiger partial charge in [-0.25, -0.2) is 4.21 Å². The van der Waals surface area contributed by atoms with E-state index in [1.807, 2.05) is 6.92 Å². The van der Waals surface area contributed by atoms with Crippen LogP contribution < -0.4 is 0 Å². The van der Waals surface area contributed by atoms with Gasteiger partial charge in [0, 0.05) is 5.75 Å². The van der Waals surface area contributed by atoms with Crippen LogP contribution in [0.3, 0.4) is 0 Å². The second kappa shape index (κ2) is 7.04. The highest BCUT2D eigenvalue weighted by Crippen LogP contribution is 1.86. The molecular formula is C4H11FO2S. The lowest BCUT2D eigenvalue weighted by Crippen LogP contribution is -1.92. The second-order valence-electron chi connectivity index (χ2n) is 1.38. The molecule has 0 amide bonds. The fraction of sp³-hybridized carbons (Fsp3) is 1.00. The summed E-state index contributed by atoms with van der Waals surface area (Å²) >= 11 is -1.57. The van der Waals surface area contributed by atoms with Crippen molar-refractivity contribution in [2.75, 3.05) is 5.75 Å². The predicted molar refractivity (Wildman–Crippen MR) is 33.0 cm³/mol. The van der Waals surface area contributed by atoms with Crippen LogP contribution in [0.2, 0.25) is 0 Å². The Labute approximate surface area is 50.9 Å². The van der Waals surface area contributed by atoms with Gasteiger partial charge in [0.25, 0.3) is 0 Å². The van der Waals surface area contributed by atoms with Gasteiger partial charge in [0.05, 0.1) is 0 Å². The molecule has 52 valence electrons. The molecule has 0 aliphatic carbocycles. The SMILES string of the molecule is CCCCS(=O)O.F. The molecule has 1 atom stereocenters. The highest BCUT2D eigenvalue weighted by Gasteiger charge is 1.87. The standard InChI is InChI=1S/C4H10O2S.FH/c1-2-3-4-7(5)6;/h2-4H2,1H3,(H,5,6);1H. The lowest BCUT2D eigenvalue weighted by atomic mass is 10.4. The van der Waals surface area contributed by atoms with Crippen molar-refractivity contribution in [2.24, 2.45) is 0 Å². The molecule has 0 aliphatic heterocycles. The lowest BCUT2D eigenvalue weighted by Gasteiger charge is -1.86. The van der Waals surface area contributed by atoms with Crippen LogP contribution in [0.1, 0.15) is 19.8 Å². The van der Waals surface area contributed by atoms with E-state index in [4.69, 9.17) is 4.55 Å². The minimum atomic E-state index is -1.57. The fourth-order valence-electron chi connectivity index (χ4n) is 0.268. The molecule has 1 N–H and O–H groups in total. The van der Waals surface area contributed by atoms with Crippen molar-refractivity contribution in [1.29, 1.82) is 0 Å². The van der Waals surface area contributed by atoms with Crippen LogP contribution in [-0.4, -0.2) is 14.5 Å². The Hall–Kier alpha value is 0.0400. The van der Waals surface area contributed by atoms with Gasteiger partial charge in [-0.1, -0.05) is 13.3 Å². The fourth-order valence-corrected chi connectivity index (χ4v) is 0.803. The minimum Gasteiger partial charge on any atom is -0.306 e. The molecule has 0 saturated carbocycles. The number of unbranched alkanes of at least 4 members (excludes halogenated alkanes) is 1. The Morgan fingerprint density at radius 3 is 2.25 bits per heavy atom. The molecule has 0 aromatic carbocycles. The molecule has 0 spiro atoms. The summed E-state index contributed by atoms with van der Waals surface area (Å²) < 4.78 is 18.0.